The van der Waals surface area contributed by atoms with Gasteiger partial charge in [0.15, 0.2) is 5.96 Å². The van der Waals surface area contributed by atoms with Gasteiger partial charge in [0.1, 0.15) is 5.75 Å². The summed E-state index contributed by atoms with van der Waals surface area (Å²) in [7, 11) is 1.79. The topological polar surface area (TPSA) is 80.2 Å². The van der Waals surface area contributed by atoms with Crippen molar-refractivity contribution in [2.75, 3.05) is 43.4 Å². The fourth-order valence-electron chi connectivity index (χ4n) is 3.75. The number of amides is 1. The van der Waals surface area contributed by atoms with E-state index in [9.17, 15) is 9.90 Å². The van der Waals surface area contributed by atoms with Crippen molar-refractivity contribution in [3.05, 3.63) is 54.1 Å². The SMILES string of the molecule is CN=C(NCc1cccc(NC(=O)CC(C)C)c1)N1CCN(c2ccccc2O)CC1.I. The number of guanidine groups is 1. The van der Waals surface area contributed by atoms with Crippen molar-refractivity contribution in [2.24, 2.45) is 10.9 Å². The van der Waals surface area contributed by atoms with Gasteiger partial charge in [-0.3, -0.25) is 9.79 Å². The van der Waals surface area contributed by atoms with Crippen molar-refractivity contribution in [1.29, 1.82) is 0 Å². The molecule has 3 N–H and O–H groups in total. The van der Waals surface area contributed by atoms with E-state index in [1.807, 2.05) is 56.3 Å². The van der Waals surface area contributed by atoms with E-state index in [0.29, 0.717) is 24.6 Å². The molecule has 2 aromatic rings. The Bertz CT molecular complexity index is 911. The van der Waals surface area contributed by atoms with Gasteiger partial charge in [-0.2, -0.15) is 0 Å². The number of carbonyl (C=O) groups is 1. The lowest BCUT2D eigenvalue weighted by molar-refractivity contribution is -0.116. The van der Waals surface area contributed by atoms with Crippen molar-refractivity contribution >= 4 is 47.2 Å². The first-order valence-corrected chi connectivity index (χ1v) is 10.8. The minimum absolute atomic E-state index is 0. The van der Waals surface area contributed by atoms with Gasteiger partial charge in [0.2, 0.25) is 5.91 Å². The molecule has 0 aromatic heterocycles. The number of hydrogen-bond donors (Lipinski definition) is 3. The number of phenolic OH excluding ortho intramolecular Hbond substituents is 1. The Morgan fingerprint density at radius 1 is 1.09 bits per heavy atom. The lowest BCUT2D eigenvalue weighted by atomic mass is 10.1. The number of piperazine rings is 1. The van der Waals surface area contributed by atoms with Gasteiger partial charge in [0.25, 0.3) is 0 Å². The fourth-order valence-corrected chi connectivity index (χ4v) is 3.75. The smallest absolute Gasteiger partial charge is 0.224 e. The zero-order valence-electron chi connectivity index (χ0n) is 19.0. The number of benzene rings is 2. The van der Waals surface area contributed by atoms with Crippen LogP contribution in [0.4, 0.5) is 11.4 Å². The molecule has 0 unspecified atom stereocenters. The second-order valence-electron chi connectivity index (χ2n) is 8.21. The number of nitrogens with zero attached hydrogens (tertiary/aromatic N) is 3. The van der Waals surface area contributed by atoms with E-state index in [2.05, 4.69) is 25.4 Å². The summed E-state index contributed by atoms with van der Waals surface area (Å²) < 4.78 is 0. The highest BCUT2D eigenvalue weighted by Crippen LogP contribution is 2.27. The number of nitrogens with one attached hydrogen (secondary N) is 2. The Hall–Kier alpha value is -2.49. The third-order valence-corrected chi connectivity index (χ3v) is 5.27. The molecule has 0 bridgehead atoms. The first-order chi connectivity index (χ1) is 15.0. The molecule has 32 heavy (non-hydrogen) atoms. The number of aliphatic imine (C=N–C) groups is 1. The van der Waals surface area contributed by atoms with Gasteiger partial charge < -0.3 is 25.5 Å². The fraction of sp³-hybridized carbons (Fsp3) is 0.417. The number of rotatable bonds is 6. The predicted octanol–water partition coefficient (Wildman–Crippen LogP) is 3.89. The first-order valence-electron chi connectivity index (χ1n) is 10.8. The maximum Gasteiger partial charge on any atom is 0.224 e. The van der Waals surface area contributed by atoms with Crippen LogP contribution < -0.4 is 15.5 Å². The summed E-state index contributed by atoms with van der Waals surface area (Å²) in [6, 6.07) is 15.4. The summed E-state index contributed by atoms with van der Waals surface area (Å²) >= 11 is 0. The molecule has 1 saturated heterocycles. The van der Waals surface area contributed by atoms with E-state index < -0.39 is 0 Å². The molecule has 1 amide bonds. The van der Waals surface area contributed by atoms with Crippen LogP contribution in [-0.2, 0) is 11.3 Å². The van der Waals surface area contributed by atoms with Crippen molar-refractivity contribution in [1.82, 2.24) is 10.2 Å². The van der Waals surface area contributed by atoms with Crippen LogP contribution in [0.1, 0.15) is 25.8 Å². The van der Waals surface area contributed by atoms with Gasteiger partial charge in [-0.05, 0) is 35.7 Å². The molecule has 0 atom stereocenters. The molecule has 174 valence electrons. The van der Waals surface area contributed by atoms with Crippen molar-refractivity contribution in [3.63, 3.8) is 0 Å². The predicted molar refractivity (Wildman–Crippen MR) is 142 cm³/mol. The summed E-state index contributed by atoms with van der Waals surface area (Å²) in [5.74, 6) is 1.54. The second-order valence-corrected chi connectivity index (χ2v) is 8.21. The monoisotopic (exact) mass is 551 g/mol. The molecule has 3 rings (SSSR count). The van der Waals surface area contributed by atoms with Crippen LogP contribution in [0.15, 0.2) is 53.5 Å². The average Bonchev–Trinajstić information content (AvgIpc) is 2.75. The summed E-state index contributed by atoms with van der Waals surface area (Å²) in [5, 5.41) is 16.5. The van der Waals surface area contributed by atoms with Crippen molar-refractivity contribution in [3.8, 4) is 5.75 Å². The number of halogens is 1. The average molecular weight is 551 g/mol. The van der Waals surface area contributed by atoms with Crippen LogP contribution in [0, 0.1) is 5.92 Å². The maximum atomic E-state index is 12.0. The Balaban J connectivity index is 0.00000363. The molecule has 0 saturated carbocycles. The lowest BCUT2D eigenvalue weighted by Gasteiger charge is -2.37. The third-order valence-electron chi connectivity index (χ3n) is 5.27. The second kappa shape index (κ2) is 12.5. The Labute approximate surface area is 207 Å². The van der Waals surface area contributed by atoms with Gasteiger partial charge in [0, 0.05) is 51.9 Å². The Morgan fingerprint density at radius 2 is 1.81 bits per heavy atom. The summed E-state index contributed by atoms with van der Waals surface area (Å²) in [4.78, 5) is 20.9. The number of carbonyl (C=O) groups excluding carboxylic acids is 1. The summed E-state index contributed by atoms with van der Waals surface area (Å²) in [5.41, 5.74) is 2.77. The van der Waals surface area contributed by atoms with Gasteiger partial charge >= 0.3 is 0 Å². The van der Waals surface area contributed by atoms with E-state index in [-0.39, 0.29) is 29.9 Å². The van der Waals surface area contributed by atoms with Crippen LogP contribution in [0.5, 0.6) is 5.75 Å². The first kappa shape index (κ1) is 25.8. The van der Waals surface area contributed by atoms with E-state index in [4.69, 9.17) is 0 Å². The van der Waals surface area contributed by atoms with Crippen LogP contribution >= 0.6 is 24.0 Å². The molecular formula is C24H34IN5O2. The molecule has 7 nitrogen and oxygen atoms in total. The molecule has 0 aliphatic carbocycles. The van der Waals surface area contributed by atoms with Crippen molar-refractivity contribution in [2.45, 2.75) is 26.8 Å². The molecule has 1 aliphatic rings. The van der Waals surface area contributed by atoms with Crippen LogP contribution in [0.2, 0.25) is 0 Å². The van der Waals surface area contributed by atoms with Crippen LogP contribution in [-0.4, -0.2) is 55.1 Å². The zero-order chi connectivity index (χ0) is 22.2. The molecular weight excluding hydrogens is 517 g/mol. The molecule has 1 fully saturated rings. The number of para-hydroxylation sites is 2. The largest absolute Gasteiger partial charge is 0.506 e. The standard InChI is InChI=1S/C24H33N5O2.HI/c1-18(2)15-23(31)27-20-8-6-7-19(16-20)17-26-24(25-3)29-13-11-28(12-14-29)21-9-4-5-10-22(21)30;/h4-10,16,18,30H,11-15,17H2,1-3H3,(H,25,26)(H,27,31);1H. The lowest BCUT2D eigenvalue weighted by Crippen LogP contribution is -2.52. The highest BCUT2D eigenvalue weighted by molar-refractivity contribution is 14.0. The van der Waals surface area contributed by atoms with Gasteiger partial charge in [-0.15, -0.1) is 24.0 Å². The number of hydrogen-bond acceptors (Lipinski definition) is 4. The Kier molecular flexibility index (Phi) is 10.1. The number of anilines is 2. The van der Waals surface area contributed by atoms with E-state index in [1.165, 1.54) is 0 Å². The molecule has 0 radical (unpaired) electrons. The summed E-state index contributed by atoms with van der Waals surface area (Å²) in [6.07, 6.45) is 0.516. The molecule has 1 aliphatic heterocycles. The van der Waals surface area contributed by atoms with Crippen LogP contribution in [0.3, 0.4) is 0 Å². The molecule has 1 heterocycles. The highest BCUT2D eigenvalue weighted by Gasteiger charge is 2.21. The number of aromatic hydroxyl groups is 1. The Morgan fingerprint density at radius 3 is 2.47 bits per heavy atom. The molecule has 8 heteroatoms. The van der Waals surface area contributed by atoms with Crippen molar-refractivity contribution < 1.29 is 9.90 Å². The molecule has 2 aromatic carbocycles. The minimum Gasteiger partial charge on any atom is -0.506 e. The quantitative estimate of drug-likeness (QED) is 0.289. The van der Waals surface area contributed by atoms with Crippen LogP contribution in [0.25, 0.3) is 0 Å². The number of phenols is 1. The van der Waals surface area contributed by atoms with E-state index >= 15 is 0 Å². The third kappa shape index (κ3) is 7.29. The van der Waals surface area contributed by atoms with E-state index in [0.717, 1.165) is 49.1 Å². The van der Waals surface area contributed by atoms with Gasteiger partial charge in [-0.25, -0.2) is 0 Å². The van der Waals surface area contributed by atoms with Gasteiger partial charge in [0.05, 0.1) is 5.69 Å². The zero-order valence-corrected chi connectivity index (χ0v) is 21.4. The summed E-state index contributed by atoms with van der Waals surface area (Å²) in [6.45, 7) is 7.96. The highest BCUT2D eigenvalue weighted by atomic mass is 127. The molecule has 0 spiro atoms. The van der Waals surface area contributed by atoms with Gasteiger partial charge in [-0.1, -0.05) is 38.1 Å². The maximum absolute atomic E-state index is 12.0. The minimum atomic E-state index is 0. The normalized spacial score (nSPS) is 14.2. The van der Waals surface area contributed by atoms with E-state index in [1.54, 1.807) is 13.1 Å².